The number of ether oxygens (including phenoxy) is 1. The fourth-order valence-electron chi connectivity index (χ4n) is 2.77. The van der Waals surface area contributed by atoms with Crippen molar-refractivity contribution in [2.45, 2.75) is 32.2 Å². The standard InChI is InChI=1S/C17H22N4O2.ClH/c1-13-16(18-8-10-23-13)17(22)19-11-14-5-2-3-6-15(14)12-21-9-4-7-20-21;/h2-7,9,13,16,18H,8,10-12H2,1H3,(H,19,22);1H/t13-,16+;/m1./s1. The molecule has 24 heavy (non-hydrogen) atoms. The molecule has 1 aliphatic heterocycles. The maximum Gasteiger partial charge on any atom is 0.240 e. The second-order valence-electron chi connectivity index (χ2n) is 5.70. The minimum Gasteiger partial charge on any atom is -0.375 e. The Labute approximate surface area is 148 Å². The number of carbonyl (C=O) groups excluding carboxylic acids is 1. The first-order valence-corrected chi connectivity index (χ1v) is 7.91. The van der Waals surface area contributed by atoms with Crippen molar-refractivity contribution in [2.24, 2.45) is 0 Å². The minimum atomic E-state index is -0.290. The molecule has 2 N–H and O–H groups in total. The maximum atomic E-state index is 12.3. The Morgan fingerprint density at radius 3 is 2.88 bits per heavy atom. The molecule has 1 aromatic heterocycles. The van der Waals surface area contributed by atoms with E-state index in [1.54, 1.807) is 6.20 Å². The average molecular weight is 351 g/mol. The first kappa shape index (κ1) is 18.4. The number of morpholine rings is 1. The van der Waals surface area contributed by atoms with Gasteiger partial charge in [-0.25, -0.2) is 0 Å². The molecule has 3 rings (SSSR count). The van der Waals surface area contributed by atoms with Gasteiger partial charge in [-0.05, 0) is 24.1 Å². The van der Waals surface area contributed by atoms with Crippen LogP contribution in [0.4, 0.5) is 0 Å². The zero-order valence-electron chi connectivity index (χ0n) is 13.6. The average Bonchev–Trinajstić information content (AvgIpc) is 3.07. The van der Waals surface area contributed by atoms with Gasteiger partial charge in [0.25, 0.3) is 0 Å². The first-order chi connectivity index (χ1) is 11.2. The van der Waals surface area contributed by atoms with Gasteiger partial charge in [0.1, 0.15) is 6.04 Å². The summed E-state index contributed by atoms with van der Waals surface area (Å²) in [5, 5.41) is 10.4. The molecule has 0 aliphatic carbocycles. The molecule has 0 radical (unpaired) electrons. The van der Waals surface area contributed by atoms with Crippen molar-refractivity contribution in [3.63, 3.8) is 0 Å². The van der Waals surface area contributed by atoms with Crippen molar-refractivity contribution in [3.8, 4) is 0 Å². The number of rotatable bonds is 5. The van der Waals surface area contributed by atoms with Gasteiger partial charge < -0.3 is 15.4 Å². The molecule has 0 spiro atoms. The van der Waals surface area contributed by atoms with Crippen molar-refractivity contribution in [2.75, 3.05) is 13.2 Å². The highest BCUT2D eigenvalue weighted by molar-refractivity contribution is 5.85. The second kappa shape index (κ2) is 8.82. The monoisotopic (exact) mass is 350 g/mol. The molecule has 2 aromatic rings. The Kier molecular flexibility index (Phi) is 6.78. The fourth-order valence-corrected chi connectivity index (χ4v) is 2.77. The van der Waals surface area contributed by atoms with E-state index in [1.165, 1.54) is 0 Å². The summed E-state index contributed by atoms with van der Waals surface area (Å²) in [6.07, 6.45) is 3.59. The highest BCUT2D eigenvalue weighted by Crippen LogP contribution is 2.11. The smallest absolute Gasteiger partial charge is 0.240 e. The molecule has 0 bridgehead atoms. The van der Waals surface area contributed by atoms with Gasteiger partial charge in [0.2, 0.25) is 5.91 Å². The van der Waals surface area contributed by atoms with Crippen LogP contribution < -0.4 is 10.6 Å². The largest absolute Gasteiger partial charge is 0.375 e. The number of nitrogens with zero attached hydrogens (tertiary/aromatic N) is 2. The van der Waals surface area contributed by atoms with Gasteiger partial charge in [-0.2, -0.15) is 5.10 Å². The van der Waals surface area contributed by atoms with Crippen LogP contribution >= 0.6 is 12.4 Å². The van der Waals surface area contributed by atoms with Crippen molar-refractivity contribution in [1.29, 1.82) is 0 Å². The summed E-state index contributed by atoms with van der Waals surface area (Å²) in [5.41, 5.74) is 2.25. The number of hydrogen-bond acceptors (Lipinski definition) is 4. The van der Waals surface area contributed by atoms with Gasteiger partial charge in [-0.1, -0.05) is 24.3 Å². The van der Waals surface area contributed by atoms with E-state index in [0.29, 0.717) is 26.2 Å². The topological polar surface area (TPSA) is 68.2 Å². The molecular weight excluding hydrogens is 328 g/mol. The van der Waals surface area contributed by atoms with Gasteiger partial charge >= 0.3 is 0 Å². The van der Waals surface area contributed by atoms with E-state index in [-0.39, 0.29) is 30.5 Å². The zero-order valence-corrected chi connectivity index (χ0v) is 14.5. The quantitative estimate of drug-likeness (QED) is 0.854. The van der Waals surface area contributed by atoms with Gasteiger partial charge in [0.15, 0.2) is 0 Å². The molecule has 1 aliphatic rings. The van der Waals surface area contributed by atoms with Crippen LogP contribution in [0, 0.1) is 0 Å². The Morgan fingerprint density at radius 2 is 2.17 bits per heavy atom. The highest BCUT2D eigenvalue weighted by atomic mass is 35.5. The summed E-state index contributed by atoms with van der Waals surface area (Å²) in [6, 6.07) is 9.70. The first-order valence-electron chi connectivity index (χ1n) is 7.91. The number of amides is 1. The van der Waals surface area contributed by atoms with Gasteiger partial charge in [0, 0.05) is 25.5 Å². The molecule has 1 aromatic carbocycles. The lowest BCUT2D eigenvalue weighted by Gasteiger charge is -2.29. The second-order valence-corrected chi connectivity index (χ2v) is 5.70. The zero-order chi connectivity index (χ0) is 16.1. The lowest BCUT2D eigenvalue weighted by molar-refractivity contribution is -0.129. The summed E-state index contributed by atoms with van der Waals surface area (Å²) in [4.78, 5) is 12.3. The molecule has 0 unspecified atom stereocenters. The van der Waals surface area contributed by atoms with E-state index in [1.807, 2.05) is 42.1 Å². The SMILES string of the molecule is C[C@H]1OCCN[C@@H]1C(=O)NCc1ccccc1Cn1cccn1.Cl. The normalized spacial score (nSPS) is 20.2. The molecule has 6 nitrogen and oxygen atoms in total. The van der Waals surface area contributed by atoms with Gasteiger partial charge in [-0.3, -0.25) is 9.48 Å². The predicted molar refractivity (Wildman–Crippen MR) is 94.1 cm³/mol. The number of hydrogen-bond donors (Lipinski definition) is 2. The van der Waals surface area contributed by atoms with Crippen LogP contribution in [0.5, 0.6) is 0 Å². The van der Waals surface area contributed by atoms with Crippen LogP contribution in [-0.2, 0) is 22.6 Å². The highest BCUT2D eigenvalue weighted by Gasteiger charge is 2.27. The van der Waals surface area contributed by atoms with Crippen molar-refractivity contribution < 1.29 is 9.53 Å². The third-order valence-corrected chi connectivity index (χ3v) is 4.06. The third kappa shape index (κ3) is 4.56. The van der Waals surface area contributed by atoms with Crippen molar-refractivity contribution >= 4 is 18.3 Å². The van der Waals surface area contributed by atoms with E-state index in [0.717, 1.165) is 11.1 Å². The molecule has 7 heteroatoms. The summed E-state index contributed by atoms with van der Waals surface area (Å²) in [7, 11) is 0. The Balaban J connectivity index is 0.00000208. The molecular formula is C17H23ClN4O2. The molecule has 2 atom stereocenters. The third-order valence-electron chi connectivity index (χ3n) is 4.06. The van der Waals surface area contributed by atoms with Gasteiger partial charge in [-0.15, -0.1) is 12.4 Å². The van der Waals surface area contributed by atoms with Crippen molar-refractivity contribution in [1.82, 2.24) is 20.4 Å². The molecule has 2 heterocycles. The molecule has 1 amide bonds. The maximum absolute atomic E-state index is 12.3. The van der Waals surface area contributed by atoms with E-state index in [4.69, 9.17) is 4.74 Å². The summed E-state index contributed by atoms with van der Waals surface area (Å²) < 4.78 is 7.40. The lowest BCUT2D eigenvalue weighted by atomic mass is 10.1. The predicted octanol–water partition coefficient (Wildman–Crippen LogP) is 1.35. The Bertz CT molecular complexity index is 648. The van der Waals surface area contributed by atoms with Crippen molar-refractivity contribution in [3.05, 3.63) is 53.9 Å². The Morgan fingerprint density at radius 1 is 1.38 bits per heavy atom. The number of halogens is 1. The van der Waals surface area contributed by atoms with E-state index < -0.39 is 0 Å². The number of benzene rings is 1. The van der Waals surface area contributed by atoms with Crippen LogP contribution in [0.25, 0.3) is 0 Å². The number of nitrogens with one attached hydrogen (secondary N) is 2. The fraction of sp³-hybridized carbons (Fsp3) is 0.412. The molecule has 1 saturated heterocycles. The molecule has 130 valence electrons. The van der Waals surface area contributed by atoms with Crippen LogP contribution in [0.1, 0.15) is 18.1 Å². The van der Waals surface area contributed by atoms with E-state index >= 15 is 0 Å². The Hall–Kier alpha value is -1.89. The minimum absolute atomic E-state index is 0. The molecule has 0 saturated carbocycles. The molecule has 1 fully saturated rings. The van der Waals surface area contributed by atoms with Crippen LogP contribution in [0.15, 0.2) is 42.7 Å². The van der Waals surface area contributed by atoms with Gasteiger partial charge in [0.05, 0.1) is 19.3 Å². The van der Waals surface area contributed by atoms with Crippen LogP contribution in [0.2, 0.25) is 0 Å². The van der Waals surface area contributed by atoms with Crippen LogP contribution in [0.3, 0.4) is 0 Å². The van der Waals surface area contributed by atoms with E-state index in [9.17, 15) is 4.79 Å². The summed E-state index contributed by atoms with van der Waals surface area (Å²) >= 11 is 0. The summed E-state index contributed by atoms with van der Waals surface area (Å²) in [6.45, 7) is 4.47. The van der Waals surface area contributed by atoms with Crippen LogP contribution in [-0.4, -0.2) is 41.0 Å². The number of aromatic nitrogens is 2. The van der Waals surface area contributed by atoms with E-state index in [2.05, 4.69) is 21.8 Å². The number of carbonyl (C=O) groups is 1. The lowest BCUT2D eigenvalue weighted by Crippen LogP contribution is -2.55. The summed E-state index contributed by atoms with van der Waals surface area (Å²) in [5.74, 6) is -0.0221.